The van der Waals surface area contributed by atoms with Gasteiger partial charge in [-0.05, 0) is 35.0 Å². The molecule has 2 amide bonds. The first-order valence-electron chi connectivity index (χ1n) is 5.95. The first kappa shape index (κ1) is 15.7. The van der Waals surface area contributed by atoms with Crippen molar-refractivity contribution in [1.82, 2.24) is 0 Å². The molecule has 0 aliphatic heterocycles. The average molecular weight is 323 g/mol. The largest absolute Gasteiger partial charge is 0.488 e. The third-order valence-corrected chi connectivity index (χ3v) is 3.70. The predicted molar refractivity (Wildman–Crippen MR) is 83.6 cm³/mol. The summed E-state index contributed by atoms with van der Waals surface area (Å²) in [6.45, 7) is -0.352. The third kappa shape index (κ3) is 6.09. The van der Waals surface area contributed by atoms with E-state index in [9.17, 15) is 9.59 Å². The Morgan fingerprint density at radius 2 is 1.43 bits per heavy atom. The second kappa shape index (κ2) is 8.58. The molecule has 2 aromatic heterocycles. The summed E-state index contributed by atoms with van der Waals surface area (Å²) in [7, 11) is 0.988. The molecule has 0 spiro atoms. The number of rotatable bonds is 8. The molecule has 2 aromatic rings. The van der Waals surface area contributed by atoms with Crippen LogP contribution in [0, 0.1) is 0 Å². The lowest BCUT2D eigenvalue weighted by Gasteiger charge is -2.05. The fourth-order valence-corrected chi connectivity index (χ4v) is 2.58. The Balaban J connectivity index is 1.51. The minimum atomic E-state index is -0.291. The summed E-state index contributed by atoms with van der Waals surface area (Å²) in [5, 5.41) is 10.5. The van der Waals surface area contributed by atoms with Gasteiger partial charge in [-0.25, -0.2) is 0 Å². The summed E-state index contributed by atoms with van der Waals surface area (Å²) < 4.78 is 9.80. The van der Waals surface area contributed by atoms with Crippen LogP contribution in [-0.4, -0.2) is 32.7 Å². The van der Waals surface area contributed by atoms with Crippen molar-refractivity contribution in [3.8, 4) is 0 Å². The van der Waals surface area contributed by atoms with Gasteiger partial charge in [0, 0.05) is 0 Å². The van der Waals surface area contributed by atoms with Gasteiger partial charge in [-0.1, -0.05) is 0 Å². The third-order valence-electron chi connectivity index (χ3n) is 2.13. The van der Waals surface area contributed by atoms with E-state index in [1.54, 1.807) is 12.1 Å². The highest BCUT2D eigenvalue weighted by Crippen LogP contribution is 2.15. The summed E-state index contributed by atoms with van der Waals surface area (Å²) in [4.78, 5) is 22.9. The van der Waals surface area contributed by atoms with Crippen LogP contribution < -0.4 is 10.6 Å². The van der Waals surface area contributed by atoms with E-state index in [0.717, 1.165) is 17.7 Å². The molecule has 0 unspecified atom stereocenters. The lowest BCUT2D eigenvalue weighted by molar-refractivity contribution is -0.118. The van der Waals surface area contributed by atoms with Crippen molar-refractivity contribution in [2.75, 3.05) is 23.8 Å². The Morgan fingerprint density at radius 1 is 0.952 bits per heavy atom. The zero-order valence-corrected chi connectivity index (χ0v) is 12.5. The molecule has 9 heteroatoms. The molecule has 0 aromatic carbocycles. The van der Waals surface area contributed by atoms with Crippen molar-refractivity contribution in [1.29, 1.82) is 0 Å². The molecule has 0 aliphatic carbocycles. The quantitative estimate of drug-likeness (QED) is 0.575. The highest BCUT2D eigenvalue weighted by Gasteiger charge is 2.07. The van der Waals surface area contributed by atoms with Gasteiger partial charge in [0.15, 0.2) is 0 Å². The van der Waals surface area contributed by atoms with Crippen LogP contribution in [0.3, 0.4) is 0 Å². The smallest absolute Gasteiger partial charge is 0.404 e. The highest BCUT2D eigenvalue weighted by atomic mass is 32.1. The molecule has 0 aliphatic rings. The molecule has 0 atom stereocenters. The molecule has 2 N–H and O–H groups in total. The van der Waals surface area contributed by atoms with Crippen molar-refractivity contribution in [2.24, 2.45) is 0 Å². The molecular formula is C12H12BN2O4S2. The van der Waals surface area contributed by atoms with Gasteiger partial charge in [0.05, 0.1) is 10.0 Å². The van der Waals surface area contributed by atoms with E-state index in [-0.39, 0.29) is 25.0 Å². The zero-order valence-electron chi connectivity index (χ0n) is 10.9. The average Bonchev–Trinajstić information content (AvgIpc) is 3.12. The number of hydrogen-bond donors (Lipinski definition) is 2. The number of anilines is 2. The topological polar surface area (TPSA) is 76.7 Å². The monoisotopic (exact) mass is 323 g/mol. The number of thiophene rings is 2. The molecule has 6 nitrogen and oxygen atoms in total. The Morgan fingerprint density at radius 3 is 1.81 bits per heavy atom. The Hall–Kier alpha value is -1.68. The van der Waals surface area contributed by atoms with Gasteiger partial charge in [-0.3, -0.25) is 9.59 Å². The maximum atomic E-state index is 11.4. The SMILES string of the molecule is O=C(CO[B]OCC(=O)Nc1cccs1)Nc1cccs1. The predicted octanol–water partition coefficient (Wildman–Crippen LogP) is 1.95. The van der Waals surface area contributed by atoms with Crippen LogP contribution in [0.4, 0.5) is 10.0 Å². The molecule has 2 heterocycles. The van der Waals surface area contributed by atoms with Crippen LogP contribution in [0.25, 0.3) is 0 Å². The second-order valence-corrected chi connectivity index (χ2v) is 5.66. The van der Waals surface area contributed by atoms with Crippen LogP contribution >= 0.6 is 22.7 Å². The van der Waals surface area contributed by atoms with E-state index in [2.05, 4.69) is 10.6 Å². The van der Waals surface area contributed by atoms with Gasteiger partial charge in [0.1, 0.15) is 13.2 Å². The summed E-state index contributed by atoms with van der Waals surface area (Å²) in [6.07, 6.45) is 0. The zero-order chi connectivity index (χ0) is 14.9. The summed E-state index contributed by atoms with van der Waals surface area (Å²) in [5.74, 6) is -0.583. The minimum absolute atomic E-state index is 0.176. The van der Waals surface area contributed by atoms with Crippen LogP contribution in [0.1, 0.15) is 0 Å². The summed E-state index contributed by atoms with van der Waals surface area (Å²) in [6, 6.07) is 7.25. The molecule has 0 bridgehead atoms. The van der Waals surface area contributed by atoms with Gasteiger partial charge < -0.3 is 19.9 Å². The van der Waals surface area contributed by atoms with Gasteiger partial charge in [-0.15, -0.1) is 22.7 Å². The Bertz CT molecular complexity index is 510. The molecule has 0 fully saturated rings. The number of amides is 2. The van der Waals surface area contributed by atoms with E-state index in [0.29, 0.717) is 0 Å². The second-order valence-electron chi connectivity index (χ2n) is 3.77. The van der Waals surface area contributed by atoms with E-state index in [1.807, 2.05) is 22.9 Å². The number of nitrogens with one attached hydrogen (secondary N) is 2. The lowest BCUT2D eigenvalue weighted by Crippen LogP contribution is -2.23. The number of carbonyl (C=O) groups is 2. The normalized spacial score (nSPS) is 10.1. The van der Waals surface area contributed by atoms with Crippen molar-refractivity contribution in [3.05, 3.63) is 35.0 Å². The molecule has 1 radical (unpaired) electrons. The maximum absolute atomic E-state index is 11.4. The summed E-state index contributed by atoms with van der Waals surface area (Å²) in [5.41, 5.74) is 0. The van der Waals surface area contributed by atoms with Crippen molar-refractivity contribution in [3.63, 3.8) is 0 Å². The first-order valence-corrected chi connectivity index (χ1v) is 7.71. The fourth-order valence-electron chi connectivity index (χ4n) is 1.31. The highest BCUT2D eigenvalue weighted by molar-refractivity contribution is 7.14. The lowest BCUT2D eigenvalue weighted by atomic mass is 10.4. The molecule has 109 valence electrons. The van der Waals surface area contributed by atoms with Crippen LogP contribution in [-0.2, 0) is 18.9 Å². The van der Waals surface area contributed by atoms with Crippen LogP contribution in [0.5, 0.6) is 0 Å². The van der Waals surface area contributed by atoms with Crippen molar-refractivity contribution < 1.29 is 18.9 Å². The molecular weight excluding hydrogens is 311 g/mol. The van der Waals surface area contributed by atoms with E-state index < -0.39 is 0 Å². The van der Waals surface area contributed by atoms with E-state index >= 15 is 0 Å². The minimum Gasteiger partial charge on any atom is -0.404 e. The van der Waals surface area contributed by atoms with Crippen LogP contribution in [0.2, 0.25) is 0 Å². The summed E-state index contributed by atoms with van der Waals surface area (Å²) >= 11 is 2.84. The Kier molecular flexibility index (Phi) is 6.42. The molecule has 0 saturated heterocycles. The van der Waals surface area contributed by atoms with E-state index in [4.69, 9.17) is 9.31 Å². The fraction of sp³-hybridized carbons (Fsp3) is 0.167. The molecule has 0 saturated carbocycles. The van der Waals surface area contributed by atoms with Gasteiger partial charge in [0.2, 0.25) is 11.8 Å². The van der Waals surface area contributed by atoms with Gasteiger partial charge in [-0.2, -0.15) is 0 Å². The molecule has 2 rings (SSSR count). The number of hydrogen-bond acceptors (Lipinski definition) is 6. The van der Waals surface area contributed by atoms with Gasteiger partial charge in [0.25, 0.3) is 0 Å². The van der Waals surface area contributed by atoms with Gasteiger partial charge >= 0.3 is 7.69 Å². The van der Waals surface area contributed by atoms with E-state index in [1.165, 1.54) is 22.7 Å². The van der Waals surface area contributed by atoms with Crippen LogP contribution in [0.15, 0.2) is 35.0 Å². The molecule has 21 heavy (non-hydrogen) atoms. The maximum Gasteiger partial charge on any atom is 0.488 e. The van der Waals surface area contributed by atoms with Crippen molar-refractivity contribution >= 4 is 52.2 Å². The Labute approximate surface area is 130 Å². The van der Waals surface area contributed by atoms with Crippen molar-refractivity contribution in [2.45, 2.75) is 0 Å². The first-order chi connectivity index (χ1) is 10.2. The number of carbonyl (C=O) groups excluding carboxylic acids is 2. The standard InChI is InChI=1S/C12H12BN2O4S2/c16-9(14-11-3-1-5-20-11)7-18-13-19-8-10(17)15-12-4-2-6-21-12/h1-6H,7-8H2,(H,14,16)(H,15,17).